The molecule has 0 aromatic heterocycles. The molecule has 4 rings (SSSR count). The fraction of sp³-hybridized carbons (Fsp3) is 0.714. The molecule has 0 radical (unpaired) electrons. The van der Waals surface area contributed by atoms with E-state index in [-0.39, 0.29) is 17.7 Å². The maximum Gasteiger partial charge on any atom is 0.321 e. The molecule has 7 atom stereocenters. The van der Waals surface area contributed by atoms with Crippen LogP contribution < -0.4 is 0 Å². The number of allylic oxidation sites excluding steroid dienone is 2. The molecular weight excluding hydrogens is 300 g/mol. The molecule has 0 aliphatic heterocycles. The third kappa shape index (κ3) is 1.35. The zero-order valence-corrected chi connectivity index (χ0v) is 14.8. The first kappa shape index (κ1) is 16.1. The van der Waals surface area contributed by atoms with Crippen LogP contribution in [0.25, 0.3) is 0 Å². The maximum absolute atomic E-state index is 13.3. The molecule has 0 amide bonds. The molecule has 0 heterocycles. The van der Waals surface area contributed by atoms with Gasteiger partial charge in [-0.3, -0.25) is 9.59 Å². The normalized spacial score (nSPS) is 51.3. The highest BCUT2D eigenvalue weighted by Crippen LogP contribution is 2.82. The van der Waals surface area contributed by atoms with Crippen molar-refractivity contribution in [3.8, 4) is 0 Å². The SMILES string of the molecule is C=C[C@]12C[C@H]3[C@@H](C)CC[C@@H]3[C@]3(C=C)C[C@H]1CC(=O)[C@]23C(=O)OCC. The monoisotopic (exact) mass is 328 g/mol. The van der Waals surface area contributed by atoms with E-state index < -0.39 is 16.2 Å². The standard InChI is InChI=1S/C21H28O3/c1-5-19-12-15-13(4)8-9-16(15)20(6-2)11-14(19)10-17(22)21(19,20)18(23)24-7-3/h5-6,13-16H,1-2,7-12H2,3-4H3/t13-,14+,15-,16-,19-,20-,21-/m0/s1. The van der Waals surface area contributed by atoms with Crippen LogP contribution in [0.5, 0.6) is 0 Å². The molecule has 24 heavy (non-hydrogen) atoms. The number of esters is 1. The van der Waals surface area contributed by atoms with E-state index in [0.29, 0.717) is 30.8 Å². The first-order valence-corrected chi connectivity index (χ1v) is 9.43. The molecule has 0 spiro atoms. The van der Waals surface area contributed by atoms with E-state index >= 15 is 0 Å². The minimum atomic E-state index is -1.07. The van der Waals surface area contributed by atoms with E-state index in [9.17, 15) is 9.59 Å². The predicted octanol–water partition coefficient (Wildman–Crippen LogP) is 3.94. The predicted molar refractivity (Wildman–Crippen MR) is 92.1 cm³/mol. The zero-order chi connectivity index (χ0) is 17.3. The molecule has 130 valence electrons. The highest BCUT2D eigenvalue weighted by atomic mass is 16.5. The summed E-state index contributed by atoms with van der Waals surface area (Å²) in [4.78, 5) is 26.6. The Labute approximate surface area is 144 Å². The van der Waals surface area contributed by atoms with Gasteiger partial charge in [0.1, 0.15) is 5.41 Å². The summed E-state index contributed by atoms with van der Waals surface area (Å²) in [6, 6.07) is 0. The molecule has 0 unspecified atom stereocenters. The first-order chi connectivity index (χ1) is 11.4. The second kappa shape index (κ2) is 4.83. The Morgan fingerprint density at radius 2 is 1.96 bits per heavy atom. The number of rotatable bonds is 4. The summed E-state index contributed by atoms with van der Waals surface area (Å²) in [6.45, 7) is 12.7. The van der Waals surface area contributed by atoms with Gasteiger partial charge in [0, 0.05) is 17.3 Å². The third-order valence-corrected chi connectivity index (χ3v) is 8.29. The molecule has 0 N–H and O–H groups in total. The minimum Gasteiger partial charge on any atom is -0.465 e. The lowest BCUT2D eigenvalue weighted by molar-refractivity contribution is -0.182. The van der Waals surface area contributed by atoms with Crippen molar-refractivity contribution < 1.29 is 14.3 Å². The summed E-state index contributed by atoms with van der Waals surface area (Å²) in [5, 5.41) is 0. The van der Waals surface area contributed by atoms with Crippen LogP contribution >= 0.6 is 0 Å². The number of hydrogen-bond donors (Lipinski definition) is 0. The Morgan fingerprint density at radius 1 is 1.25 bits per heavy atom. The summed E-state index contributed by atoms with van der Waals surface area (Å²) in [5.41, 5.74) is -1.96. The summed E-state index contributed by atoms with van der Waals surface area (Å²) in [6.07, 6.45) is 8.48. The fourth-order valence-corrected chi connectivity index (χ4v) is 7.55. The summed E-state index contributed by atoms with van der Waals surface area (Å²) in [5.74, 6) is 1.54. The van der Waals surface area contributed by atoms with Crippen LogP contribution in [-0.2, 0) is 14.3 Å². The Morgan fingerprint density at radius 3 is 2.58 bits per heavy atom. The lowest BCUT2D eigenvalue weighted by Gasteiger charge is -2.56. The number of ether oxygens (including phenoxy) is 1. The van der Waals surface area contributed by atoms with E-state index in [0.717, 1.165) is 19.3 Å². The van der Waals surface area contributed by atoms with Crippen molar-refractivity contribution in [1.82, 2.24) is 0 Å². The van der Waals surface area contributed by atoms with Crippen molar-refractivity contribution in [2.24, 2.45) is 39.9 Å². The zero-order valence-electron chi connectivity index (χ0n) is 14.8. The van der Waals surface area contributed by atoms with E-state index in [1.165, 1.54) is 6.42 Å². The number of Topliss-reactive ketones (excluding diaryl/α,β-unsaturated/α-hetero) is 1. The molecule has 4 aliphatic rings. The highest BCUT2D eigenvalue weighted by Gasteiger charge is 2.85. The van der Waals surface area contributed by atoms with Gasteiger partial charge >= 0.3 is 5.97 Å². The van der Waals surface area contributed by atoms with Gasteiger partial charge < -0.3 is 4.74 Å². The lowest BCUT2D eigenvalue weighted by Crippen LogP contribution is -2.62. The van der Waals surface area contributed by atoms with Crippen LogP contribution in [0.4, 0.5) is 0 Å². The van der Waals surface area contributed by atoms with Crippen LogP contribution in [0.15, 0.2) is 25.3 Å². The molecular formula is C21H28O3. The number of ketones is 1. The Balaban J connectivity index is 2.00. The maximum atomic E-state index is 13.3. The molecule has 4 bridgehead atoms. The van der Waals surface area contributed by atoms with Gasteiger partial charge in [-0.05, 0) is 49.9 Å². The summed E-state index contributed by atoms with van der Waals surface area (Å²) >= 11 is 0. The second-order valence-corrected chi connectivity index (χ2v) is 8.52. The smallest absolute Gasteiger partial charge is 0.321 e. The van der Waals surface area contributed by atoms with Gasteiger partial charge in [0.15, 0.2) is 5.78 Å². The fourth-order valence-electron chi connectivity index (χ4n) is 7.55. The van der Waals surface area contributed by atoms with Crippen molar-refractivity contribution in [3.63, 3.8) is 0 Å². The van der Waals surface area contributed by atoms with Gasteiger partial charge in [0.05, 0.1) is 6.61 Å². The van der Waals surface area contributed by atoms with E-state index in [4.69, 9.17) is 4.74 Å². The number of carbonyl (C=O) groups is 2. The largest absolute Gasteiger partial charge is 0.465 e. The molecule has 0 saturated heterocycles. The van der Waals surface area contributed by atoms with Gasteiger partial charge in [0.25, 0.3) is 0 Å². The van der Waals surface area contributed by atoms with Crippen molar-refractivity contribution in [3.05, 3.63) is 25.3 Å². The number of fused-ring (bicyclic) bond motifs is 2. The van der Waals surface area contributed by atoms with Gasteiger partial charge in [-0.25, -0.2) is 0 Å². The van der Waals surface area contributed by atoms with Gasteiger partial charge in [0.2, 0.25) is 0 Å². The molecule has 4 fully saturated rings. The van der Waals surface area contributed by atoms with Crippen molar-refractivity contribution >= 4 is 11.8 Å². The summed E-state index contributed by atoms with van der Waals surface area (Å²) in [7, 11) is 0. The van der Waals surface area contributed by atoms with E-state index in [1.54, 1.807) is 0 Å². The molecule has 4 saturated carbocycles. The molecule has 0 aromatic rings. The van der Waals surface area contributed by atoms with Crippen LogP contribution in [0.3, 0.4) is 0 Å². The van der Waals surface area contributed by atoms with Crippen LogP contribution in [0.2, 0.25) is 0 Å². The van der Waals surface area contributed by atoms with Gasteiger partial charge in [-0.15, -0.1) is 13.2 Å². The van der Waals surface area contributed by atoms with E-state index in [2.05, 4.69) is 20.1 Å². The van der Waals surface area contributed by atoms with Gasteiger partial charge in [-0.1, -0.05) is 25.5 Å². The Hall–Kier alpha value is -1.38. The quantitative estimate of drug-likeness (QED) is 0.446. The number of carbonyl (C=O) groups excluding carboxylic acids is 2. The van der Waals surface area contributed by atoms with Crippen molar-refractivity contribution in [2.45, 2.75) is 46.0 Å². The van der Waals surface area contributed by atoms with Crippen LogP contribution in [0, 0.1) is 39.9 Å². The van der Waals surface area contributed by atoms with Crippen LogP contribution in [0.1, 0.15) is 46.0 Å². The average Bonchev–Trinajstić information content (AvgIpc) is 3.11. The minimum absolute atomic E-state index is 0.0787. The van der Waals surface area contributed by atoms with Crippen LogP contribution in [-0.4, -0.2) is 18.4 Å². The second-order valence-electron chi connectivity index (χ2n) is 8.52. The number of hydrogen-bond acceptors (Lipinski definition) is 3. The van der Waals surface area contributed by atoms with Gasteiger partial charge in [-0.2, -0.15) is 0 Å². The molecule has 3 heteroatoms. The highest BCUT2D eigenvalue weighted by molar-refractivity contribution is 6.10. The average molecular weight is 328 g/mol. The van der Waals surface area contributed by atoms with E-state index in [1.807, 2.05) is 19.1 Å². The third-order valence-electron chi connectivity index (χ3n) is 8.29. The molecule has 0 aromatic carbocycles. The Bertz CT molecular complexity index is 637. The lowest BCUT2D eigenvalue weighted by atomic mass is 9.44. The molecule has 4 aliphatic carbocycles. The summed E-state index contributed by atoms with van der Waals surface area (Å²) < 4.78 is 5.53. The van der Waals surface area contributed by atoms with Crippen molar-refractivity contribution in [1.29, 1.82) is 0 Å². The topological polar surface area (TPSA) is 43.4 Å². The van der Waals surface area contributed by atoms with Crippen molar-refractivity contribution in [2.75, 3.05) is 6.61 Å². The first-order valence-electron chi connectivity index (χ1n) is 9.43. The molecule has 3 nitrogen and oxygen atoms in total. The Kier molecular flexibility index (Phi) is 3.24.